The first kappa shape index (κ1) is 62.5. The van der Waals surface area contributed by atoms with Crippen LogP contribution in [0.15, 0.2) is 97.1 Å². The number of rotatable bonds is 28. The van der Waals surface area contributed by atoms with Crippen molar-refractivity contribution < 1.29 is 57.2 Å². The summed E-state index contributed by atoms with van der Waals surface area (Å²) < 4.78 is 36.9. The monoisotopic (exact) mass is 1130 g/mol. The van der Waals surface area contributed by atoms with Crippen molar-refractivity contribution in [3.05, 3.63) is 120 Å². The predicted molar refractivity (Wildman–Crippen MR) is 311 cm³/mol. The Hall–Kier alpha value is -8.68. The molecule has 4 amide bonds. The lowest BCUT2D eigenvalue weighted by Crippen LogP contribution is -2.49. The molecule has 0 aliphatic carbocycles. The van der Waals surface area contributed by atoms with E-state index < -0.39 is 47.7 Å². The van der Waals surface area contributed by atoms with Crippen LogP contribution in [0.1, 0.15) is 92.0 Å². The maximum Gasteiger partial charge on any atom is 0.325 e. The second-order valence-corrected chi connectivity index (χ2v) is 20.6. The van der Waals surface area contributed by atoms with Crippen LogP contribution in [0.5, 0.6) is 23.0 Å². The number of methoxy groups -OCH3 is 6. The molecule has 0 fully saturated rings. The van der Waals surface area contributed by atoms with E-state index in [0.717, 1.165) is 28.7 Å². The molecule has 0 spiro atoms. The molecule has 20 nitrogen and oxygen atoms in total. The van der Waals surface area contributed by atoms with Gasteiger partial charge < -0.3 is 48.9 Å². The largest absolute Gasteiger partial charge is 0.496 e. The molecule has 0 saturated carbocycles. The maximum absolute atomic E-state index is 14.4. The van der Waals surface area contributed by atoms with Gasteiger partial charge in [0.05, 0.1) is 71.2 Å². The van der Waals surface area contributed by atoms with Crippen molar-refractivity contribution in [2.24, 2.45) is 11.8 Å². The molecule has 4 aromatic carbocycles. The van der Waals surface area contributed by atoms with Gasteiger partial charge in [-0.05, 0) is 103 Å². The molecule has 2 aromatic heterocycles. The topological polar surface area (TPSA) is 224 Å². The normalized spacial score (nSPS) is 12.6. The standard InChI is InChI=1S/C62H78N8O12/c1-14-39(4)35-69-49(57-51(77-8)24-19-25-52(57)78-9)33-47(65-69)59(73)63-46(62(76)68(7)37-56(72)82-13)29-27-42-22-18-23-43(30-42)44-31-53(79-10)58(54(32-44)80-11)50-34-48(66-70(50)40(5)38(2)3)60(74)64-45(28-26-41-20-16-15-17-21-41)61(75)67(6)36-55(71)81-12/h15-25,30-34,38-40,45-46H,14,26-29,35-37H2,1-13H3,(H,63,73)(H,64,74)/t39?,40?,45-,46-/m0/s1. The average molecular weight is 1130 g/mol. The predicted octanol–water partition coefficient (Wildman–Crippen LogP) is 8.10. The minimum Gasteiger partial charge on any atom is -0.496 e. The van der Waals surface area contributed by atoms with Gasteiger partial charge in [-0.25, -0.2) is 0 Å². The van der Waals surface area contributed by atoms with Crippen LogP contribution in [-0.4, -0.2) is 147 Å². The van der Waals surface area contributed by atoms with E-state index in [-0.39, 0.29) is 55.2 Å². The molecule has 0 aliphatic rings. The van der Waals surface area contributed by atoms with E-state index in [9.17, 15) is 28.8 Å². The lowest BCUT2D eigenvalue weighted by molar-refractivity contribution is -0.146. The van der Waals surface area contributed by atoms with Crippen molar-refractivity contribution in [2.75, 3.05) is 69.8 Å². The Labute approximate surface area is 480 Å². The first-order valence-corrected chi connectivity index (χ1v) is 27.3. The highest BCUT2D eigenvalue weighted by Gasteiger charge is 2.32. The van der Waals surface area contributed by atoms with Crippen molar-refractivity contribution in [3.63, 3.8) is 0 Å². The first-order valence-electron chi connectivity index (χ1n) is 27.3. The number of likely N-dealkylation sites (N-methyl/N-ethyl adjacent to an activating group) is 2. The van der Waals surface area contributed by atoms with E-state index in [4.69, 9.17) is 38.6 Å². The SMILES string of the molecule is CCC(C)Cn1nc(C(=O)N[C@@H](CCc2cccc(-c3cc(OC)c(-c4cc(C(=O)N[C@@H](CCc5ccccc5)C(=O)N(C)CC(=O)OC)nn4C(C)C(C)C)c(OC)c3)c2)C(=O)N(C)CC(=O)OC)cc1-c1c(OC)cccc1OC. The molecule has 2 N–H and O–H groups in total. The molecule has 82 heavy (non-hydrogen) atoms. The third kappa shape index (κ3) is 15.4. The Balaban J connectivity index is 1.32. The van der Waals surface area contributed by atoms with Crippen molar-refractivity contribution in [1.29, 1.82) is 0 Å². The third-order valence-corrected chi connectivity index (χ3v) is 14.7. The number of hydrogen-bond donors (Lipinski definition) is 2. The van der Waals surface area contributed by atoms with Crippen molar-refractivity contribution in [2.45, 2.75) is 91.4 Å². The number of benzene rings is 4. The van der Waals surface area contributed by atoms with Crippen LogP contribution in [-0.2, 0) is 48.0 Å². The number of aromatic nitrogens is 4. The second kappa shape index (κ2) is 29.2. The number of carbonyl (C=O) groups is 6. The zero-order valence-corrected chi connectivity index (χ0v) is 49.4. The molecule has 2 heterocycles. The molecular formula is C62H78N8O12. The molecule has 6 rings (SSSR count). The molecule has 20 heteroatoms. The van der Waals surface area contributed by atoms with Gasteiger partial charge in [0.25, 0.3) is 11.8 Å². The highest BCUT2D eigenvalue weighted by Crippen LogP contribution is 2.44. The Morgan fingerprint density at radius 1 is 0.549 bits per heavy atom. The Bertz CT molecular complexity index is 3140. The van der Waals surface area contributed by atoms with E-state index in [1.165, 1.54) is 38.1 Å². The first-order chi connectivity index (χ1) is 39.3. The minimum atomic E-state index is -1.09. The fourth-order valence-electron chi connectivity index (χ4n) is 9.37. The number of aryl methyl sites for hydroxylation is 2. The van der Waals surface area contributed by atoms with Gasteiger partial charge in [0.1, 0.15) is 48.2 Å². The summed E-state index contributed by atoms with van der Waals surface area (Å²) in [7, 11) is 11.7. The summed E-state index contributed by atoms with van der Waals surface area (Å²) in [5, 5.41) is 15.5. The fourth-order valence-corrected chi connectivity index (χ4v) is 9.37. The van der Waals surface area contributed by atoms with Crippen LogP contribution >= 0.6 is 0 Å². The number of esters is 2. The fraction of sp³-hybridized carbons (Fsp3) is 0.419. The molecule has 0 radical (unpaired) electrons. The summed E-state index contributed by atoms with van der Waals surface area (Å²) in [4.78, 5) is 83.8. The van der Waals surface area contributed by atoms with Gasteiger partial charge in [-0.15, -0.1) is 0 Å². The summed E-state index contributed by atoms with van der Waals surface area (Å²) in [6.45, 7) is 10.1. The van der Waals surface area contributed by atoms with Crippen LogP contribution in [0.2, 0.25) is 0 Å². The number of nitrogens with zero attached hydrogens (tertiary/aromatic N) is 6. The molecule has 0 bridgehead atoms. The van der Waals surface area contributed by atoms with E-state index in [1.54, 1.807) is 62.1 Å². The summed E-state index contributed by atoms with van der Waals surface area (Å²) in [5.74, 6) is -1.19. The van der Waals surface area contributed by atoms with Crippen LogP contribution in [0.4, 0.5) is 0 Å². The lowest BCUT2D eigenvalue weighted by Gasteiger charge is -2.24. The van der Waals surface area contributed by atoms with Crippen molar-refractivity contribution in [1.82, 2.24) is 40.0 Å². The smallest absolute Gasteiger partial charge is 0.325 e. The van der Waals surface area contributed by atoms with Crippen LogP contribution < -0.4 is 29.6 Å². The molecule has 6 aromatic rings. The average Bonchev–Trinajstić information content (AvgIpc) is 4.34. The van der Waals surface area contributed by atoms with E-state index >= 15 is 0 Å². The van der Waals surface area contributed by atoms with Gasteiger partial charge in [0, 0.05) is 20.6 Å². The highest BCUT2D eigenvalue weighted by atomic mass is 16.5. The number of ether oxygens (including phenoxy) is 6. The van der Waals surface area contributed by atoms with Gasteiger partial charge in [-0.3, -0.25) is 38.1 Å². The number of hydrogen-bond acceptors (Lipinski definition) is 14. The summed E-state index contributed by atoms with van der Waals surface area (Å²) in [6.07, 6.45) is 2.05. The zero-order valence-electron chi connectivity index (χ0n) is 49.4. The minimum absolute atomic E-state index is 0.0514. The van der Waals surface area contributed by atoms with Crippen LogP contribution in [0.25, 0.3) is 33.6 Å². The van der Waals surface area contributed by atoms with Crippen LogP contribution in [0, 0.1) is 11.8 Å². The van der Waals surface area contributed by atoms with Gasteiger partial charge in [-0.2, -0.15) is 10.2 Å². The second-order valence-electron chi connectivity index (χ2n) is 20.6. The number of nitrogens with one attached hydrogen (secondary N) is 2. The Kier molecular flexibility index (Phi) is 22.2. The van der Waals surface area contributed by atoms with Gasteiger partial charge in [-0.1, -0.05) is 94.8 Å². The van der Waals surface area contributed by atoms with Crippen molar-refractivity contribution in [3.8, 4) is 56.6 Å². The molecule has 2 unspecified atom stereocenters. The molecular weight excluding hydrogens is 1050 g/mol. The van der Waals surface area contributed by atoms with Crippen molar-refractivity contribution >= 4 is 35.6 Å². The Morgan fingerprint density at radius 2 is 1.02 bits per heavy atom. The van der Waals surface area contributed by atoms with E-state index in [0.29, 0.717) is 64.9 Å². The Morgan fingerprint density at radius 3 is 1.52 bits per heavy atom. The van der Waals surface area contributed by atoms with Gasteiger partial charge in [0.15, 0.2) is 11.4 Å². The quantitative estimate of drug-likeness (QED) is 0.0443. The third-order valence-electron chi connectivity index (χ3n) is 14.7. The van der Waals surface area contributed by atoms with Gasteiger partial charge >= 0.3 is 11.9 Å². The maximum atomic E-state index is 14.4. The summed E-state index contributed by atoms with van der Waals surface area (Å²) >= 11 is 0. The number of carbonyl (C=O) groups excluding carboxylic acids is 6. The summed E-state index contributed by atoms with van der Waals surface area (Å²) in [6, 6.07) is 27.5. The van der Waals surface area contributed by atoms with E-state index in [2.05, 4.69) is 24.5 Å². The molecule has 0 aliphatic heterocycles. The van der Waals surface area contributed by atoms with Crippen LogP contribution in [0.3, 0.4) is 0 Å². The highest BCUT2D eigenvalue weighted by molar-refractivity contribution is 5.99. The lowest BCUT2D eigenvalue weighted by atomic mass is 9.96. The van der Waals surface area contributed by atoms with E-state index in [1.807, 2.05) is 93.6 Å². The number of amides is 4. The molecule has 4 atom stereocenters. The van der Waals surface area contributed by atoms with Gasteiger partial charge in [0.2, 0.25) is 11.8 Å². The zero-order chi connectivity index (χ0) is 59.8. The summed E-state index contributed by atoms with van der Waals surface area (Å²) in [5.41, 5.74) is 5.73. The molecule has 0 saturated heterocycles. The molecule has 438 valence electrons.